The summed E-state index contributed by atoms with van der Waals surface area (Å²) in [4.78, 5) is 0.315. The molecule has 1 aromatic carbocycles. The molecular formula is C18H25N3O2S. The summed E-state index contributed by atoms with van der Waals surface area (Å²) in [6.45, 7) is 3.57. The van der Waals surface area contributed by atoms with E-state index in [4.69, 9.17) is 0 Å². The molecule has 0 bridgehead atoms. The Kier molecular flexibility index (Phi) is 5.06. The first-order valence-corrected chi connectivity index (χ1v) is 10.1. The van der Waals surface area contributed by atoms with Gasteiger partial charge in [0.2, 0.25) is 10.0 Å². The molecule has 0 spiro atoms. The molecule has 1 N–H and O–H groups in total. The molecule has 1 aromatic heterocycles. The Morgan fingerprint density at radius 1 is 1.04 bits per heavy atom. The minimum Gasteiger partial charge on any atom is -0.236 e. The molecule has 5 nitrogen and oxygen atoms in total. The molecule has 0 unspecified atom stereocenters. The topological polar surface area (TPSA) is 64.0 Å². The number of hydrogen-bond donors (Lipinski definition) is 1. The molecule has 0 amide bonds. The van der Waals surface area contributed by atoms with E-state index in [2.05, 4.69) is 9.82 Å². The van der Waals surface area contributed by atoms with E-state index in [1.807, 2.05) is 37.3 Å². The zero-order valence-corrected chi connectivity index (χ0v) is 15.1. The smallest absolute Gasteiger partial charge is 0.236 e. The van der Waals surface area contributed by atoms with Gasteiger partial charge >= 0.3 is 0 Å². The summed E-state index contributed by atoms with van der Waals surface area (Å²) in [5, 5.41) is 4.46. The van der Waals surface area contributed by atoms with Crippen LogP contribution in [-0.2, 0) is 10.0 Å². The molecule has 1 aliphatic rings. The highest BCUT2D eigenvalue weighted by Gasteiger charge is 2.28. The molecule has 1 saturated carbocycles. The van der Waals surface area contributed by atoms with Crippen molar-refractivity contribution in [3.8, 4) is 5.69 Å². The van der Waals surface area contributed by atoms with Gasteiger partial charge in [-0.1, -0.05) is 43.9 Å². The minimum absolute atomic E-state index is 0.0383. The summed E-state index contributed by atoms with van der Waals surface area (Å²) in [7, 11) is -3.56. The molecule has 24 heavy (non-hydrogen) atoms. The largest absolute Gasteiger partial charge is 0.244 e. The van der Waals surface area contributed by atoms with Crippen molar-refractivity contribution in [2.45, 2.75) is 63.3 Å². The number of para-hydroxylation sites is 1. The van der Waals surface area contributed by atoms with Crippen LogP contribution in [-0.4, -0.2) is 24.2 Å². The number of rotatable bonds is 4. The number of hydrogen-bond acceptors (Lipinski definition) is 3. The van der Waals surface area contributed by atoms with Gasteiger partial charge in [0, 0.05) is 6.04 Å². The third-order valence-electron chi connectivity index (χ3n) is 4.67. The predicted octanol–water partition coefficient (Wildman–Crippen LogP) is 3.49. The first kappa shape index (κ1) is 17.2. The van der Waals surface area contributed by atoms with Gasteiger partial charge in [0.05, 0.1) is 17.1 Å². The van der Waals surface area contributed by atoms with Crippen molar-refractivity contribution < 1.29 is 8.42 Å². The van der Waals surface area contributed by atoms with E-state index in [1.54, 1.807) is 11.6 Å². The van der Waals surface area contributed by atoms with E-state index >= 15 is 0 Å². The Morgan fingerprint density at radius 2 is 1.67 bits per heavy atom. The van der Waals surface area contributed by atoms with Crippen molar-refractivity contribution in [2.75, 3.05) is 0 Å². The minimum atomic E-state index is -3.56. The standard InChI is InChI=1S/C18H25N3O2S/c1-14-18(15(2)21(19-14)17-12-8-5-9-13-17)24(22,23)20-16-10-6-3-4-7-11-16/h5,8-9,12-13,16,20H,3-4,6-7,10-11H2,1-2H3. The molecule has 0 saturated heterocycles. The molecule has 1 fully saturated rings. The van der Waals surface area contributed by atoms with E-state index in [0.29, 0.717) is 16.3 Å². The van der Waals surface area contributed by atoms with Crippen LogP contribution < -0.4 is 4.72 Å². The monoisotopic (exact) mass is 347 g/mol. The summed E-state index contributed by atoms with van der Waals surface area (Å²) in [6, 6.07) is 9.66. The fourth-order valence-corrected chi connectivity index (χ4v) is 5.21. The van der Waals surface area contributed by atoms with Crippen LogP contribution in [0.4, 0.5) is 0 Å². The van der Waals surface area contributed by atoms with Crippen LogP contribution in [0, 0.1) is 13.8 Å². The SMILES string of the molecule is Cc1nn(-c2ccccc2)c(C)c1S(=O)(=O)NC1CCCCCC1. The Morgan fingerprint density at radius 3 is 2.29 bits per heavy atom. The third-order valence-corrected chi connectivity index (χ3v) is 6.44. The summed E-state index contributed by atoms with van der Waals surface area (Å²) >= 11 is 0. The van der Waals surface area contributed by atoms with Gasteiger partial charge in [-0.2, -0.15) is 5.10 Å². The van der Waals surface area contributed by atoms with Gasteiger partial charge in [0.15, 0.2) is 0 Å². The quantitative estimate of drug-likeness (QED) is 0.861. The molecule has 0 aliphatic heterocycles. The number of sulfonamides is 1. The Bertz CT molecular complexity index is 789. The molecule has 3 rings (SSSR count). The molecule has 1 aliphatic carbocycles. The second-order valence-corrected chi connectivity index (χ2v) is 8.21. The maximum Gasteiger partial charge on any atom is 0.244 e. The zero-order valence-electron chi connectivity index (χ0n) is 14.3. The number of nitrogens with one attached hydrogen (secondary N) is 1. The first-order chi connectivity index (χ1) is 11.5. The lowest BCUT2D eigenvalue weighted by Gasteiger charge is -2.16. The molecule has 1 heterocycles. The number of aromatic nitrogens is 2. The van der Waals surface area contributed by atoms with Gasteiger partial charge in [0.1, 0.15) is 4.90 Å². The lowest BCUT2D eigenvalue weighted by Crippen LogP contribution is -2.35. The Labute approximate surface area is 144 Å². The van der Waals surface area contributed by atoms with Gasteiger partial charge in [-0.05, 0) is 38.8 Å². The van der Waals surface area contributed by atoms with Crippen molar-refractivity contribution in [1.29, 1.82) is 0 Å². The van der Waals surface area contributed by atoms with Crippen LogP contribution >= 0.6 is 0 Å². The predicted molar refractivity (Wildman–Crippen MR) is 94.8 cm³/mol. The fourth-order valence-electron chi connectivity index (χ4n) is 3.51. The van der Waals surface area contributed by atoms with Crippen LogP contribution in [0.1, 0.15) is 49.9 Å². The van der Waals surface area contributed by atoms with Crippen LogP contribution in [0.2, 0.25) is 0 Å². The summed E-state index contributed by atoms with van der Waals surface area (Å²) < 4.78 is 30.5. The van der Waals surface area contributed by atoms with Gasteiger partial charge in [-0.15, -0.1) is 0 Å². The molecule has 0 radical (unpaired) electrons. The zero-order chi connectivity index (χ0) is 17.2. The van der Waals surface area contributed by atoms with Crippen molar-refractivity contribution in [2.24, 2.45) is 0 Å². The normalized spacial score (nSPS) is 16.9. The Hall–Kier alpha value is -1.66. The molecule has 6 heteroatoms. The van der Waals surface area contributed by atoms with Gasteiger partial charge in [-0.25, -0.2) is 17.8 Å². The van der Waals surface area contributed by atoms with Crippen LogP contribution in [0.3, 0.4) is 0 Å². The summed E-state index contributed by atoms with van der Waals surface area (Å²) in [6.07, 6.45) is 6.42. The van der Waals surface area contributed by atoms with E-state index in [0.717, 1.165) is 31.4 Å². The van der Waals surface area contributed by atoms with Crippen molar-refractivity contribution >= 4 is 10.0 Å². The van der Waals surface area contributed by atoms with Crippen molar-refractivity contribution in [3.05, 3.63) is 41.7 Å². The fraction of sp³-hybridized carbons (Fsp3) is 0.500. The van der Waals surface area contributed by atoms with Crippen molar-refractivity contribution in [3.63, 3.8) is 0 Å². The highest BCUT2D eigenvalue weighted by Crippen LogP contribution is 2.24. The lowest BCUT2D eigenvalue weighted by molar-refractivity contribution is 0.509. The maximum absolute atomic E-state index is 12.9. The lowest BCUT2D eigenvalue weighted by atomic mass is 10.1. The summed E-state index contributed by atoms with van der Waals surface area (Å²) in [5.74, 6) is 0. The van der Waals surface area contributed by atoms with Gasteiger partial charge in [0.25, 0.3) is 0 Å². The summed E-state index contributed by atoms with van der Waals surface area (Å²) in [5.41, 5.74) is 2.06. The van der Waals surface area contributed by atoms with E-state index in [-0.39, 0.29) is 6.04 Å². The van der Waals surface area contributed by atoms with E-state index in [9.17, 15) is 8.42 Å². The second-order valence-electron chi connectivity index (χ2n) is 6.56. The third kappa shape index (κ3) is 3.54. The number of benzene rings is 1. The highest BCUT2D eigenvalue weighted by molar-refractivity contribution is 7.89. The van der Waals surface area contributed by atoms with Crippen LogP contribution in [0.15, 0.2) is 35.2 Å². The maximum atomic E-state index is 12.9. The number of aryl methyl sites for hydroxylation is 1. The number of nitrogens with zero attached hydrogens (tertiary/aromatic N) is 2. The second kappa shape index (κ2) is 7.07. The molecule has 2 aromatic rings. The first-order valence-electron chi connectivity index (χ1n) is 8.63. The molecule has 0 atom stereocenters. The van der Waals surface area contributed by atoms with Gasteiger partial charge < -0.3 is 0 Å². The molecule has 130 valence electrons. The molecular weight excluding hydrogens is 322 g/mol. The average Bonchev–Trinajstić information content (AvgIpc) is 2.72. The average molecular weight is 347 g/mol. The van der Waals surface area contributed by atoms with E-state index in [1.165, 1.54) is 12.8 Å². The van der Waals surface area contributed by atoms with E-state index < -0.39 is 10.0 Å². The highest BCUT2D eigenvalue weighted by atomic mass is 32.2. The van der Waals surface area contributed by atoms with Crippen molar-refractivity contribution in [1.82, 2.24) is 14.5 Å². The van der Waals surface area contributed by atoms with Gasteiger partial charge in [-0.3, -0.25) is 0 Å². The Balaban J connectivity index is 1.92. The van der Waals surface area contributed by atoms with Crippen LogP contribution in [0.5, 0.6) is 0 Å². The van der Waals surface area contributed by atoms with Crippen LogP contribution in [0.25, 0.3) is 5.69 Å².